The normalized spacial score (nSPS) is 11.7. The molecular weight excluding hydrogens is 368 g/mol. The van der Waals surface area contributed by atoms with Crippen LogP contribution in [0.15, 0.2) is 51.9 Å². The lowest BCUT2D eigenvalue weighted by Gasteiger charge is -2.19. The molecule has 0 aliphatic carbocycles. The Morgan fingerprint density at radius 1 is 1.17 bits per heavy atom. The Morgan fingerprint density at radius 3 is 2.58 bits per heavy atom. The molecule has 0 N–H and O–H groups in total. The molecule has 1 aromatic heterocycles. The lowest BCUT2D eigenvalue weighted by molar-refractivity contribution is 0.112. The van der Waals surface area contributed by atoms with Crippen molar-refractivity contribution in [1.29, 1.82) is 0 Å². The van der Waals surface area contributed by atoms with Gasteiger partial charge in [-0.3, -0.25) is 9.59 Å². The quantitative estimate of drug-likeness (QED) is 0.620. The number of rotatable bonds is 2. The summed E-state index contributed by atoms with van der Waals surface area (Å²) in [5, 5.41) is 5.65. The van der Waals surface area contributed by atoms with Crippen LogP contribution >= 0.6 is 15.9 Å². The molecule has 4 nitrogen and oxygen atoms in total. The molecule has 0 fully saturated rings. The van der Waals surface area contributed by atoms with Crippen molar-refractivity contribution in [2.75, 3.05) is 0 Å². The summed E-state index contributed by atoms with van der Waals surface area (Å²) in [6, 6.07) is 11.0. The Bertz CT molecular complexity index is 1000. The van der Waals surface area contributed by atoms with Crippen molar-refractivity contribution in [2.24, 2.45) is 0 Å². The Kier molecular flexibility index (Phi) is 4.13. The van der Waals surface area contributed by atoms with E-state index in [1.165, 1.54) is 4.68 Å². The summed E-state index contributed by atoms with van der Waals surface area (Å²) in [5.74, 6) is 0. The van der Waals surface area contributed by atoms with Crippen LogP contribution in [0.1, 0.15) is 36.7 Å². The summed E-state index contributed by atoms with van der Waals surface area (Å²) in [5.41, 5.74) is 1.76. The van der Waals surface area contributed by atoms with Gasteiger partial charge in [-0.05, 0) is 51.2 Å². The van der Waals surface area contributed by atoms with E-state index in [9.17, 15) is 9.59 Å². The number of hydrogen-bond donors (Lipinski definition) is 0. The van der Waals surface area contributed by atoms with Crippen LogP contribution in [0.3, 0.4) is 0 Å². The van der Waals surface area contributed by atoms with Crippen LogP contribution in [-0.4, -0.2) is 16.1 Å². The average molecular weight is 385 g/mol. The van der Waals surface area contributed by atoms with Gasteiger partial charge >= 0.3 is 0 Å². The minimum absolute atomic E-state index is 0.00195. The molecule has 5 heteroatoms. The molecule has 0 unspecified atom stereocenters. The Hall–Kier alpha value is -2.27. The van der Waals surface area contributed by atoms with Crippen molar-refractivity contribution in [3.63, 3.8) is 0 Å². The zero-order valence-corrected chi connectivity index (χ0v) is 15.3. The van der Waals surface area contributed by atoms with Crippen molar-refractivity contribution in [1.82, 2.24) is 9.78 Å². The number of aromatic nitrogens is 2. The molecule has 0 saturated heterocycles. The predicted molar refractivity (Wildman–Crippen MR) is 99.1 cm³/mol. The van der Waals surface area contributed by atoms with Crippen LogP contribution in [-0.2, 0) is 5.41 Å². The summed E-state index contributed by atoms with van der Waals surface area (Å²) in [6.45, 7) is 6.38. The van der Waals surface area contributed by atoms with Crippen molar-refractivity contribution in [3.8, 4) is 5.69 Å². The molecule has 1 heterocycles. The van der Waals surface area contributed by atoms with Crippen LogP contribution in [0.4, 0.5) is 0 Å². The number of aldehydes is 1. The molecule has 0 saturated carbocycles. The number of fused-ring (bicyclic) bond motifs is 1. The molecule has 0 atom stereocenters. The van der Waals surface area contributed by atoms with E-state index in [1.807, 2.05) is 18.2 Å². The first kappa shape index (κ1) is 16.6. The van der Waals surface area contributed by atoms with E-state index in [2.05, 4.69) is 41.8 Å². The Balaban J connectivity index is 2.26. The second-order valence-corrected chi connectivity index (χ2v) is 7.56. The first-order valence-electron chi connectivity index (χ1n) is 7.59. The molecule has 0 radical (unpaired) electrons. The van der Waals surface area contributed by atoms with E-state index < -0.39 is 0 Å². The third-order valence-corrected chi connectivity index (χ3v) is 4.72. The SMILES string of the molecule is CC(C)(C)c1ccc2c(=O)n(-c3cccc(Br)c3C=O)ncc2c1. The van der Waals surface area contributed by atoms with Gasteiger partial charge in [0.25, 0.3) is 5.56 Å². The van der Waals surface area contributed by atoms with Gasteiger partial charge in [-0.15, -0.1) is 0 Å². The third kappa shape index (κ3) is 2.80. The number of carbonyl (C=O) groups is 1. The summed E-state index contributed by atoms with van der Waals surface area (Å²) in [7, 11) is 0. The van der Waals surface area contributed by atoms with Crippen LogP contribution in [0.5, 0.6) is 0 Å². The standard InChI is InChI=1S/C19H17BrN2O2/c1-19(2,3)13-7-8-14-12(9-13)10-21-22(18(14)24)17-6-4-5-16(20)15(17)11-23/h4-11H,1-3H3. The van der Waals surface area contributed by atoms with Gasteiger partial charge in [0.15, 0.2) is 6.29 Å². The van der Waals surface area contributed by atoms with E-state index in [0.29, 0.717) is 21.1 Å². The number of nitrogens with zero attached hydrogens (tertiary/aromatic N) is 2. The fourth-order valence-corrected chi connectivity index (χ4v) is 3.07. The van der Waals surface area contributed by atoms with Crippen LogP contribution in [0.2, 0.25) is 0 Å². The average Bonchev–Trinajstić information content (AvgIpc) is 2.54. The smallest absolute Gasteiger partial charge is 0.279 e. The predicted octanol–water partition coefficient (Wildman–Crippen LogP) is 4.26. The third-order valence-electron chi connectivity index (χ3n) is 4.03. The lowest BCUT2D eigenvalue weighted by atomic mass is 9.86. The van der Waals surface area contributed by atoms with E-state index in [0.717, 1.165) is 17.2 Å². The first-order valence-corrected chi connectivity index (χ1v) is 8.39. The monoisotopic (exact) mass is 384 g/mol. The number of carbonyl (C=O) groups excluding carboxylic acids is 1. The second kappa shape index (κ2) is 5.98. The molecule has 2 aromatic carbocycles. The van der Waals surface area contributed by atoms with Gasteiger partial charge in [-0.1, -0.05) is 32.9 Å². The zero-order chi connectivity index (χ0) is 17.5. The topological polar surface area (TPSA) is 52.0 Å². The van der Waals surface area contributed by atoms with Crippen molar-refractivity contribution >= 4 is 33.0 Å². The van der Waals surface area contributed by atoms with Gasteiger partial charge in [-0.2, -0.15) is 9.78 Å². The molecule has 122 valence electrons. The van der Waals surface area contributed by atoms with Crippen molar-refractivity contribution < 1.29 is 4.79 Å². The first-order chi connectivity index (χ1) is 11.3. The number of halogens is 1. The molecule has 0 bridgehead atoms. The van der Waals surface area contributed by atoms with E-state index in [-0.39, 0.29) is 11.0 Å². The molecule has 0 aliphatic rings. The highest BCUT2D eigenvalue weighted by molar-refractivity contribution is 9.10. The molecule has 24 heavy (non-hydrogen) atoms. The van der Waals surface area contributed by atoms with Gasteiger partial charge < -0.3 is 0 Å². The van der Waals surface area contributed by atoms with Crippen LogP contribution in [0.25, 0.3) is 16.5 Å². The summed E-state index contributed by atoms with van der Waals surface area (Å²) >= 11 is 3.34. The number of hydrogen-bond acceptors (Lipinski definition) is 3. The maximum Gasteiger partial charge on any atom is 0.279 e. The maximum atomic E-state index is 12.8. The highest BCUT2D eigenvalue weighted by atomic mass is 79.9. The number of benzene rings is 2. The van der Waals surface area contributed by atoms with Gasteiger partial charge in [0.1, 0.15) is 0 Å². The highest BCUT2D eigenvalue weighted by Gasteiger charge is 2.16. The maximum absolute atomic E-state index is 12.8. The fraction of sp³-hybridized carbons (Fsp3) is 0.211. The highest BCUT2D eigenvalue weighted by Crippen LogP contribution is 2.25. The lowest BCUT2D eigenvalue weighted by Crippen LogP contribution is -2.22. The van der Waals surface area contributed by atoms with E-state index >= 15 is 0 Å². The minimum atomic E-state index is -0.242. The second-order valence-electron chi connectivity index (χ2n) is 6.70. The molecule has 3 rings (SSSR count). The van der Waals surface area contributed by atoms with Crippen molar-refractivity contribution in [2.45, 2.75) is 26.2 Å². The molecule has 0 amide bonds. The minimum Gasteiger partial charge on any atom is -0.298 e. The van der Waals surface area contributed by atoms with Gasteiger partial charge in [-0.25, -0.2) is 0 Å². The van der Waals surface area contributed by atoms with Gasteiger partial charge in [0.2, 0.25) is 0 Å². The molecular formula is C19H17BrN2O2. The molecule has 0 aliphatic heterocycles. The summed E-state index contributed by atoms with van der Waals surface area (Å²) < 4.78 is 1.90. The van der Waals surface area contributed by atoms with E-state index in [1.54, 1.807) is 24.4 Å². The summed E-state index contributed by atoms with van der Waals surface area (Å²) in [4.78, 5) is 24.2. The fourth-order valence-electron chi connectivity index (χ4n) is 2.62. The largest absolute Gasteiger partial charge is 0.298 e. The molecule has 3 aromatic rings. The molecule has 0 spiro atoms. The van der Waals surface area contributed by atoms with Crippen molar-refractivity contribution in [3.05, 3.63) is 68.5 Å². The van der Waals surface area contributed by atoms with Crippen LogP contribution < -0.4 is 5.56 Å². The zero-order valence-electron chi connectivity index (χ0n) is 13.7. The van der Waals surface area contributed by atoms with Crippen LogP contribution in [0, 0.1) is 0 Å². The Morgan fingerprint density at radius 2 is 1.92 bits per heavy atom. The van der Waals surface area contributed by atoms with E-state index in [4.69, 9.17) is 0 Å². The Labute approximate surface area is 148 Å². The van der Waals surface area contributed by atoms with Gasteiger partial charge in [0, 0.05) is 9.86 Å². The summed E-state index contributed by atoms with van der Waals surface area (Å²) in [6.07, 6.45) is 2.39. The van der Waals surface area contributed by atoms with Gasteiger partial charge in [0.05, 0.1) is 22.8 Å².